The lowest BCUT2D eigenvalue weighted by molar-refractivity contribution is 0.162. The lowest BCUT2D eigenvalue weighted by Crippen LogP contribution is -2.24. The first-order valence-corrected chi connectivity index (χ1v) is 11.0. The van der Waals surface area contributed by atoms with Gasteiger partial charge in [-0.25, -0.2) is 0 Å². The predicted octanol–water partition coefficient (Wildman–Crippen LogP) is 6.85. The van der Waals surface area contributed by atoms with E-state index in [1.807, 2.05) is 0 Å². The molecule has 1 aromatic carbocycles. The summed E-state index contributed by atoms with van der Waals surface area (Å²) >= 11 is 0. The number of rotatable bonds is 5. The van der Waals surface area contributed by atoms with E-state index in [0.29, 0.717) is 5.92 Å². The highest BCUT2D eigenvalue weighted by Gasteiger charge is 2.29. The fourth-order valence-corrected chi connectivity index (χ4v) is 4.65. The van der Waals surface area contributed by atoms with Crippen LogP contribution in [0.3, 0.4) is 0 Å². The maximum atomic E-state index is 5.72. The molecule has 0 N–H and O–H groups in total. The maximum Gasteiger partial charge on any atom is 0.119 e. The molecule has 3 rings (SSSR count). The van der Waals surface area contributed by atoms with Crippen molar-refractivity contribution < 1.29 is 4.74 Å². The van der Waals surface area contributed by atoms with Crippen molar-refractivity contribution in [1.82, 2.24) is 0 Å². The highest BCUT2D eigenvalue weighted by atomic mass is 16.5. The first-order chi connectivity index (χ1) is 12.7. The van der Waals surface area contributed by atoms with Gasteiger partial charge in [-0.15, -0.1) is 0 Å². The molecule has 0 unspecified atom stereocenters. The van der Waals surface area contributed by atoms with E-state index in [-0.39, 0.29) is 0 Å². The van der Waals surface area contributed by atoms with Crippen LogP contribution in [0.5, 0.6) is 5.75 Å². The molecular weight excluding hydrogens is 316 g/mol. The summed E-state index contributed by atoms with van der Waals surface area (Å²) in [5.74, 6) is 11.5. The van der Waals surface area contributed by atoms with Crippen LogP contribution in [0.15, 0.2) is 24.3 Å². The zero-order chi connectivity index (χ0) is 18.2. The van der Waals surface area contributed by atoms with E-state index >= 15 is 0 Å². The number of hydrogen-bond donors (Lipinski definition) is 0. The largest absolute Gasteiger partial charge is 0.494 e. The monoisotopic (exact) mass is 352 g/mol. The third-order valence-electron chi connectivity index (χ3n) is 6.54. The summed E-state index contributed by atoms with van der Waals surface area (Å²) in [6, 6.07) is 8.31. The molecule has 0 heterocycles. The van der Waals surface area contributed by atoms with Gasteiger partial charge >= 0.3 is 0 Å². The van der Waals surface area contributed by atoms with Gasteiger partial charge in [0.05, 0.1) is 6.61 Å². The van der Waals surface area contributed by atoms with Crippen LogP contribution in [0.2, 0.25) is 0 Å². The quantitative estimate of drug-likeness (QED) is 0.416. The van der Waals surface area contributed by atoms with Gasteiger partial charge in [0, 0.05) is 11.5 Å². The van der Waals surface area contributed by atoms with E-state index in [2.05, 4.69) is 50.0 Å². The SMILES string of the molecule is CCCCOc1ccc(C#CC2CCC(C3CCC(C)CC3)CC2)cc1. The van der Waals surface area contributed by atoms with Crippen LogP contribution in [0, 0.1) is 35.5 Å². The zero-order valence-corrected chi connectivity index (χ0v) is 16.8. The second-order valence-corrected chi connectivity index (χ2v) is 8.63. The Bertz CT molecular complexity index is 575. The van der Waals surface area contributed by atoms with Crippen LogP contribution in [0.4, 0.5) is 0 Å². The van der Waals surface area contributed by atoms with E-state index in [0.717, 1.165) is 42.1 Å². The smallest absolute Gasteiger partial charge is 0.119 e. The molecule has 1 aromatic rings. The Balaban J connectivity index is 1.43. The molecule has 0 bridgehead atoms. The minimum atomic E-state index is 0.606. The fourth-order valence-electron chi connectivity index (χ4n) is 4.65. The molecule has 0 spiro atoms. The van der Waals surface area contributed by atoms with Crippen molar-refractivity contribution in [1.29, 1.82) is 0 Å². The molecule has 0 aliphatic heterocycles. The molecule has 26 heavy (non-hydrogen) atoms. The van der Waals surface area contributed by atoms with E-state index in [4.69, 9.17) is 4.74 Å². The van der Waals surface area contributed by atoms with E-state index < -0.39 is 0 Å². The van der Waals surface area contributed by atoms with Crippen molar-refractivity contribution in [2.75, 3.05) is 6.61 Å². The molecule has 1 heteroatoms. The molecule has 2 fully saturated rings. The average molecular weight is 353 g/mol. The normalized spacial score (nSPS) is 28.8. The molecule has 0 radical (unpaired) electrons. The summed E-state index contributed by atoms with van der Waals surface area (Å²) in [6.07, 6.45) is 13.6. The van der Waals surface area contributed by atoms with Gasteiger partial charge in [-0.2, -0.15) is 0 Å². The molecular formula is C25H36O. The topological polar surface area (TPSA) is 9.23 Å². The molecule has 0 amide bonds. The summed E-state index contributed by atoms with van der Waals surface area (Å²) in [5, 5.41) is 0. The van der Waals surface area contributed by atoms with Crippen molar-refractivity contribution in [3.63, 3.8) is 0 Å². The molecule has 2 saturated carbocycles. The first kappa shape index (κ1) is 19.3. The molecule has 2 aliphatic rings. The molecule has 1 nitrogen and oxygen atoms in total. The van der Waals surface area contributed by atoms with Gasteiger partial charge in [-0.1, -0.05) is 45.0 Å². The summed E-state index contributed by atoms with van der Waals surface area (Å²) in [5.41, 5.74) is 1.12. The van der Waals surface area contributed by atoms with Crippen LogP contribution in [-0.2, 0) is 0 Å². The molecule has 0 atom stereocenters. The van der Waals surface area contributed by atoms with Crippen molar-refractivity contribution in [3.8, 4) is 17.6 Å². The van der Waals surface area contributed by atoms with Crippen LogP contribution in [0.25, 0.3) is 0 Å². The highest BCUT2D eigenvalue weighted by molar-refractivity contribution is 5.38. The van der Waals surface area contributed by atoms with Crippen LogP contribution in [-0.4, -0.2) is 6.61 Å². The summed E-state index contributed by atoms with van der Waals surface area (Å²) in [7, 11) is 0. The van der Waals surface area contributed by atoms with Gasteiger partial charge < -0.3 is 4.74 Å². The Labute approximate surface area is 160 Å². The zero-order valence-electron chi connectivity index (χ0n) is 16.8. The number of unbranched alkanes of at least 4 members (excludes halogenated alkanes) is 1. The van der Waals surface area contributed by atoms with Gasteiger partial charge in [0.25, 0.3) is 0 Å². The number of hydrogen-bond acceptors (Lipinski definition) is 1. The van der Waals surface area contributed by atoms with Crippen molar-refractivity contribution in [3.05, 3.63) is 29.8 Å². The Morgan fingerprint density at radius 3 is 2.12 bits per heavy atom. The first-order valence-electron chi connectivity index (χ1n) is 11.0. The van der Waals surface area contributed by atoms with Crippen LogP contribution < -0.4 is 4.74 Å². The third kappa shape index (κ3) is 5.80. The van der Waals surface area contributed by atoms with Gasteiger partial charge in [0.1, 0.15) is 5.75 Å². The minimum Gasteiger partial charge on any atom is -0.494 e. The molecule has 0 aromatic heterocycles. The molecule has 142 valence electrons. The Kier molecular flexibility index (Phi) is 7.48. The molecule has 0 saturated heterocycles. The summed E-state index contributed by atoms with van der Waals surface area (Å²) in [6.45, 7) is 5.42. The standard InChI is InChI=1S/C25H36O/c1-3-4-19-26-25-17-11-22(12-18-25)8-7-21-9-15-24(16-10-21)23-13-5-20(2)6-14-23/h11-12,17-18,20-21,23-24H,3-6,9-10,13-16,19H2,1-2H3. The fraction of sp³-hybridized carbons (Fsp3) is 0.680. The van der Waals surface area contributed by atoms with E-state index in [1.54, 1.807) is 0 Å². The minimum absolute atomic E-state index is 0.606. The summed E-state index contributed by atoms with van der Waals surface area (Å²) in [4.78, 5) is 0. The predicted molar refractivity (Wildman–Crippen MR) is 110 cm³/mol. The average Bonchev–Trinajstić information content (AvgIpc) is 2.69. The maximum absolute atomic E-state index is 5.72. The van der Waals surface area contributed by atoms with Crippen LogP contribution in [0.1, 0.15) is 83.6 Å². The van der Waals surface area contributed by atoms with Gasteiger partial charge in [0.2, 0.25) is 0 Å². The highest BCUT2D eigenvalue weighted by Crippen LogP contribution is 2.41. The van der Waals surface area contributed by atoms with Crippen molar-refractivity contribution in [2.24, 2.45) is 23.7 Å². The lowest BCUT2D eigenvalue weighted by Gasteiger charge is -2.36. The van der Waals surface area contributed by atoms with E-state index in [1.165, 1.54) is 57.8 Å². The molecule has 2 aliphatic carbocycles. The Morgan fingerprint density at radius 1 is 0.885 bits per heavy atom. The second kappa shape index (κ2) is 10.1. The number of benzene rings is 1. The lowest BCUT2D eigenvalue weighted by atomic mass is 9.69. The second-order valence-electron chi connectivity index (χ2n) is 8.63. The van der Waals surface area contributed by atoms with Crippen LogP contribution >= 0.6 is 0 Å². The Hall–Kier alpha value is -1.42. The number of ether oxygens (including phenoxy) is 1. The third-order valence-corrected chi connectivity index (χ3v) is 6.54. The Morgan fingerprint density at radius 2 is 1.50 bits per heavy atom. The van der Waals surface area contributed by atoms with Gasteiger partial charge in [-0.05, 0) is 87.0 Å². The van der Waals surface area contributed by atoms with Crippen molar-refractivity contribution in [2.45, 2.75) is 78.1 Å². The van der Waals surface area contributed by atoms with Gasteiger partial charge in [-0.3, -0.25) is 0 Å². The summed E-state index contributed by atoms with van der Waals surface area (Å²) < 4.78 is 5.72. The van der Waals surface area contributed by atoms with E-state index in [9.17, 15) is 0 Å². The van der Waals surface area contributed by atoms with Crippen molar-refractivity contribution >= 4 is 0 Å². The van der Waals surface area contributed by atoms with Gasteiger partial charge in [0.15, 0.2) is 0 Å².